The second-order valence-electron chi connectivity index (χ2n) is 7.64. The first-order chi connectivity index (χ1) is 13.2. The summed E-state index contributed by atoms with van der Waals surface area (Å²) in [6, 6.07) is 9.43. The molecule has 2 heterocycles. The molecule has 0 radical (unpaired) electrons. The average molecular weight is 386 g/mol. The van der Waals surface area contributed by atoms with Crippen molar-refractivity contribution in [3.8, 4) is 11.4 Å². The Bertz CT molecular complexity index is 1170. The molecule has 0 aliphatic carbocycles. The molecule has 0 saturated heterocycles. The van der Waals surface area contributed by atoms with Gasteiger partial charge in [-0.1, -0.05) is 39.8 Å². The van der Waals surface area contributed by atoms with Crippen molar-refractivity contribution >= 4 is 22.1 Å². The van der Waals surface area contributed by atoms with Crippen molar-refractivity contribution in [1.29, 1.82) is 0 Å². The van der Waals surface area contributed by atoms with Crippen molar-refractivity contribution in [2.45, 2.75) is 45.7 Å². The van der Waals surface area contributed by atoms with E-state index < -0.39 is 12.0 Å². The number of nitrogens with one attached hydrogen (secondary N) is 2. The van der Waals surface area contributed by atoms with E-state index in [2.05, 4.69) is 28.8 Å². The molecule has 146 valence electrons. The summed E-state index contributed by atoms with van der Waals surface area (Å²) in [4.78, 5) is 14.4. The summed E-state index contributed by atoms with van der Waals surface area (Å²) in [6.07, 6.45) is -4.51. The molecule has 0 saturated carbocycles. The lowest BCUT2D eigenvalue weighted by molar-refractivity contribution is -0.144. The first-order valence-corrected chi connectivity index (χ1v) is 9.25. The van der Waals surface area contributed by atoms with E-state index in [0.717, 1.165) is 27.7 Å². The number of para-hydroxylation sites is 1. The molecular formula is C21H21F3N4. The van der Waals surface area contributed by atoms with E-state index >= 15 is 0 Å². The van der Waals surface area contributed by atoms with Gasteiger partial charge in [-0.3, -0.25) is 0 Å². The highest BCUT2D eigenvalue weighted by Crippen LogP contribution is 2.37. The van der Waals surface area contributed by atoms with Gasteiger partial charge in [0.25, 0.3) is 0 Å². The van der Waals surface area contributed by atoms with E-state index in [-0.39, 0.29) is 5.92 Å². The van der Waals surface area contributed by atoms with Crippen LogP contribution in [0.5, 0.6) is 0 Å². The number of H-pyrrole nitrogens is 2. The maximum absolute atomic E-state index is 13.1. The first kappa shape index (κ1) is 18.5. The molecule has 7 heteroatoms. The van der Waals surface area contributed by atoms with Crippen LogP contribution in [0, 0.1) is 0 Å². The Morgan fingerprint density at radius 3 is 2.18 bits per heavy atom. The van der Waals surface area contributed by atoms with Gasteiger partial charge in [0.05, 0.1) is 22.1 Å². The van der Waals surface area contributed by atoms with Crippen LogP contribution < -0.4 is 0 Å². The maximum atomic E-state index is 13.1. The quantitative estimate of drug-likeness (QED) is 0.430. The minimum absolute atomic E-state index is 0.0270. The smallest absolute Gasteiger partial charge is 0.338 e. The van der Waals surface area contributed by atoms with Gasteiger partial charge >= 0.3 is 6.18 Å². The third-order valence-corrected chi connectivity index (χ3v) is 4.96. The topological polar surface area (TPSA) is 57.4 Å². The van der Waals surface area contributed by atoms with Crippen molar-refractivity contribution in [3.05, 3.63) is 47.3 Å². The lowest BCUT2D eigenvalue weighted by atomic mass is 9.95. The summed E-state index contributed by atoms with van der Waals surface area (Å²) in [5.41, 5.74) is 5.16. The molecule has 2 aromatic carbocycles. The Kier molecular flexibility index (Phi) is 4.21. The highest BCUT2D eigenvalue weighted by atomic mass is 19.4. The summed E-state index contributed by atoms with van der Waals surface area (Å²) < 4.78 is 39.4. The molecule has 0 unspecified atom stereocenters. The van der Waals surface area contributed by atoms with Crippen LogP contribution in [-0.2, 0) is 6.18 Å². The molecule has 0 amide bonds. The zero-order valence-corrected chi connectivity index (χ0v) is 16.1. The van der Waals surface area contributed by atoms with Crippen LogP contribution in [0.3, 0.4) is 0 Å². The minimum Gasteiger partial charge on any atom is -0.338 e. The largest absolute Gasteiger partial charge is 0.449 e. The molecule has 0 aliphatic rings. The van der Waals surface area contributed by atoms with Crippen LogP contribution >= 0.6 is 0 Å². The normalized spacial score (nSPS) is 12.8. The molecule has 28 heavy (non-hydrogen) atoms. The number of hydrogen-bond acceptors (Lipinski definition) is 2. The van der Waals surface area contributed by atoms with Gasteiger partial charge in [-0.2, -0.15) is 13.2 Å². The summed E-state index contributed by atoms with van der Waals surface area (Å²) in [5, 5.41) is 0. The van der Waals surface area contributed by atoms with Crippen molar-refractivity contribution in [3.63, 3.8) is 0 Å². The Labute approximate surface area is 160 Å². The Balaban J connectivity index is 1.97. The average Bonchev–Trinajstić information content (AvgIpc) is 3.23. The van der Waals surface area contributed by atoms with Crippen LogP contribution in [0.2, 0.25) is 0 Å². The predicted molar refractivity (Wildman–Crippen MR) is 104 cm³/mol. The molecule has 0 bridgehead atoms. The molecule has 4 rings (SSSR count). The van der Waals surface area contributed by atoms with Gasteiger partial charge in [-0.15, -0.1) is 0 Å². The maximum Gasteiger partial charge on any atom is 0.449 e. The third-order valence-electron chi connectivity index (χ3n) is 4.96. The lowest BCUT2D eigenvalue weighted by Gasteiger charge is -2.11. The van der Waals surface area contributed by atoms with E-state index in [4.69, 9.17) is 4.98 Å². The molecule has 4 aromatic rings. The van der Waals surface area contributed by atoms with Gasteiger partial charge in [-0.05, 0) is 41.2 Å². The van der Waals surface area contributed by atoms with E-state index in [1.807, 2.05) is 38.1 Å². The number of hydrogen-bond donors (Lipinski definition) is 2. The Morgan fingerprint density at radius 1 is 0.821 bits per heavy atom. The van der Waals surface area contributed by atoms with Crippen molar-refractivity contribution in [2.75, 3.05) is 0 Å². The van der Waals surface area contributed by atoms with E-state index in [1.54, 1.807) is 6.07 Å². The van der Waals surface area contributed by atoms with Gasteiger partial charge in [0, 0.05) is 5.56 Å². The highest BCUT2D eigenvalue weighted by molar-refractivity contribution is 5.89. The van der Waals surface area contributed by atoms with Crippen molar-refractivity contribution in [2.24, 2.45) is 0 Å². The molecule has 0 fully saturated rings. The lowest BCUT2D eigenvalue weighted by Crippen LogP contribution is -2.07. The first-order valence-electron chi connectivity index (χ1n) is 9.25. The Morgan fingerprint density at radius 2 is 1.54 bits per heavy atom. The number of fused-ring (bicyclic) bond motifs is 2. The number of rotatable bonds is 3. The molecule has 0 spiro atoms. The second kappa shape index (κ2) is 6.36. The summed E-state index contributed by atoms with van der Waals surface area (Å²) in [5.74, 6) is -0.0491. The number of halogens is 3. The van der Waals surface area contributed by atoms with Gasteiger partial charge < -0.3 is 9.97 Å². The van der Waals surface area contributed by atoms with Crippen LogP contribution in [0.25, 0.3) is 33.5 Å². The molecule has 0 atom stereocenters. The molecular weight excluding hydrogens is 365 g/mol. The van der Waals surface area contributed by atoms with Crippen LogP contribution in [0.15, 0.2) is 30.3 Å². The number of benzene rings is 2. The van der Waals surface area contributed by atoms with Crippen molar-refractivity contribution < 1.29 is 13.2 Å². The summed E-state index contributed by atoms with van der Waals surface area (Å²) in [7, 11) is 0. The fourth-order valence-corrected chi connectivity index (χ4v) is 3.67. The fourth-order valence-electron chi connectivity index (χ4n) is 3.67. The molecule has 4 nitrogen and oxygen atoms in total. The van der Waals surface area contributed by atoms with E-state index in [0.29, 0.717) is 22.8 Å². The minimum atomic E-state index is -4.51. The highest BCUT2D eigenvalue weighted by Gasteiger charge is 2.35. The monoisotopic (exact) mass is 386 g/mol. The number of alkyl halides is 3. The summed E-state index contributed by atoms with van der Waals surface area (Å²) >= 11 is 0. The zero-order valence-electron chi connectivity index (χ0n) is 16.1. The van der Waals surface area contributed by atoms with E-state index in [1.165, 1.54) is 0 Å². The van der Waals surface area contributed by atoms with Crippen LogP contribution in [-0.4, -0.2) is 19.9 Å². The standard InChI is InChI=1S/C21H21F3N4/c1-10(2)12-6-5-7-14-17(12)27-19(25-14)13-8-9-15-18(16(13)11(3)4)28-20(26-15)21(22,23)24/h5-11H,1-4H3,(H,25,27)(H,26,28). The predicted octanol–water partition coefficient (Wildman–Crippen LogP) is 6.37. The van der Waals surface area contributed by atoms with Gasteiger partial charge in [0.1, 0.15) is 5.82 Å². The van der Waals surface area contributed by atoms with Crippen LogP contribution in [0.1, 0.15) is 56.5 Å². The fraction of sp³-hybridized carbons (Fsp3) is 0.333. The molecule has 2 N–H and O–H groups in total. The third kappa shape index (κ3) is 2.95. The van der Waals surface area contributed by atoms with Gasteiger partial charge in [0.15, 0.2) is 0 Å². The molecule has 2 aromatic heterocycles. The number of aromatic nitrogens is 4. The number of imidazole rings is 2. The molecule has 0 aliphatic heterocycles. The van der Waals surface area contributed by atoms with Crippen LogP contribution in [0.4, 0.5) is 13.2 Å². The van der Waals surface area contributed by atoms with Crippen molar-refractivity contribution in [1.82, 2.24) is 19.9 Å². The van der Waals surface area contributed by atoms with Gasteiger partial charge in [-0.25, -0.2) is 9.97 Å². The second-order valence-corrected chi connectivity index (χ2v) is 7.64. The Hall–Kier alpha value is -2.83. The number of aromatic amines is 2. The zero-order chi connectivity index (χ0) is 20.2. The summed E-state index contributed by atoms with van der Waals surface area (Å²) in [6.45, 7) is 8.11. The SMILES string of the molecule is CC(C)c1cccc2[nH]c(-c3ccc4[nH]c(C(F)(F)F)nc4c3C(C)C)nc12. The van der Waals surface area contributed by atoms with Gasteiger partial charge in [0.2, 0.25) is 5.82 Å². The van der Waals surface area contributed by atoms with E-state index in [9.17, 15) is 13.2 Å². The number of nitrogens with zero attached hydrogens (tertiary/aromatic N) is 2.